The first-order chi connectivity index (χ1) is 10.2. The first kappa shape index (κ1) is 15.1. The number of aliphatic hydroxyl groups excluding tert-OH is 1. The molecule has 0 fully saturated rings. The topological polar surface area (TPSA) is 73.6 Å². The lowest BCUT2D eigenvalue weighted by Gasteiger charge is -2.19. The van der Waals surface area contributed by atoms with E-state index in [1.54, 1.807) is 30.7 Å². The summed E-state index contributed by atoms with van der Waals surface area (Å²) in [6, 6.07) is 6.89. The quantitative estimate of drug-likeness (QED) is 0.819. The molecule has 0 saturated carbocycles. The van der Waals surface area contributed by atoms with Gasteiger partial charge in [-0.15, -0.1) is 0 Å². The summed E-state index contributed by atoms with van der Waals surface area (Å²) >= 11 is 0. The summed E-state index contributed by atoms with van der Waals surface area (Å²) in [7, 11) is 1.59. The van der Waals surface area contributed by atoms with Crippen LogP contribution in [-0.4, -0.2) is 41.0 Å². The molecule has 1 unspecified atom stereocenters. The van der Waals surface area contributed by atoms with Gasteiger partial charge in [-0.25, -0.2) is 9.78 Å². The molecule has 1 aromatic heterocycles. The van der Waals surface area contributed by atoms with Crippen molar-refractivity contribution in [1.82, 2.24) is 9.55 Å². The van der Waals surface area contributed by atoms with Crippen LogP contribution in [0.5, 0.6) is 5.75 Å². The number of rotatable bonds is 6. The van der Waals surface area contributed by atoms with Gasteiger partial charge < -0.3 is 19.1 Å². The van der Waals surface area contributed by atoms with E-state index in [1.807, 2.05) is 12.1 Å². The average Bonchev–Trinajstić information content (AvgIpc) is 2.98. The van der Waals surface area contributed by atoms with E-state index < -0.39 is 12.0 Å². The van der Waals surface area contributed by atoms with E-state index in [-0.39, 0.29) is 13.2 Å². The summed E-state index contributed by atoms with van der Waals surface area (Å²) < 4.78 is 11.7. The number of methoxy groups -OCH3 is 1. The van der Waals surface area contributed by atoms with Gasteiger partial charge in [0.25, 0.3) is 0 Å². The van der Waals surface area contributed by atoms with Crippen LogP contribution in [-0.2, 0) is 4.74 Å². The second-order valence-corrected chi connectivity index (χ2v) is 4.38. The molecule has 1 heterocycles. The molecule has 0 saturated heterocycles. The lowest BCUT2D eigenvalue weighted by molar-refractivity contribution is 0.0510. The van der Waals surface area contributed by atoms with Crippen molar-refractivity contribution in [3.8, 4) is 5.75 Å². The van der Waals surface area contributed by atoms with Crippen molar-refractivity contribution in [2.24, 2.45) is 0 Å². The van der Waals surface area contributed by atoms with E-state index in [2.05, 4.69) is 4.98 Å². The van der Waals surface area contributed by atoms with Crippen molar-refractivity contribution in [3.63, 3.8) is 0 Å². The van der Waals surface area contributed by atoms with Gasteiger partial charge in [-0.3, -0.25) is 0 Å². The van der Waals surface area contributed by atoms with Gasteiger partial charge in [-0.05, 0) is 24.6 Å². The molecule has 1 N–H and O–H groups in total. The van der Waals surface area contributed by atoms with Crippen molar-refractivity contribution in [2.75, 3.05) is 20.3 Å². The summed E-state index contributed by atoms with van der Waals surface area (Å²) in [5.41, 5.74) is 1.16. The number of hydrogen-bond donors (Lipinski definition) is 1. The molecular formula is C15H18N2O4. The highest BCUT2D eigenvalue weighted by Gasteiger charge is 2.20. The van der Waals surface area contributed by atoms with Crippen molar-refractivity contribution in [3.05, 3.63) is 48.0 Å². The Morgan fingerprint density at radius 3 is 2.67 bits per heavy atom. The van der Waals surface area contributed by atoms with E-state index >= 15 is 0 Å². The lowest BCUT2D eigenvalue weighted by Crippen LogP contribution is -2.20. The zero-order valence-electron chi connectivity index (χ0n) is 12.0. The SMILES string of the molecule is CCOC(=O)c1cncn1C(CO)c1ccc(OC)cc1. The summed E-state index contributed by atoms with van der Waals surface area (Å²) in [6.45, 7) is 1.87. The predicted molar refractivity (Wildman–Crippen MR) is 76.4 cm³/mol. The first-order valence-electron chi connectivity index (χ1n) is 6.65. The fraction of sp³-hybridized carbons (Fsp3) is 0.333. The molecule has 2 aromatic rings. The van der Waals surface area contributed by atoms with Crippen molar-refractivity contribution >= 4 is 5.97 Å². The fourth-order valence-electron chi connectivity index (χ4n) is 2.10. The molecule has 0 amide bonds. The number of esters is 1. The van der Waals surface area contributed by atoms with E-state index in [4.69, 9.17) is 9.47 Å². The number of carbonyl (C=O) groups is 1. The second kappa shape index (κ2) is 6.90. The van der Waals surface area contributed by atoms with Gasteiger partial charge >= 0.3 is 5.97 Å². The van der Waals surface area contributed by atoms with Crippen molar-refractivity contribution in [1.29, 1.82) is 0 Å². The molecular weight excluding hydrogens is 272 g/mol. The molecule has 1 atom stereocenters. The maximum atomic E-state index is 11.9. The average molecular weight is 290 g/mol. The minimum atomic E-state index is -0.457. The maximum absolute atomic E-state index is 11.9. The number of aliphatic hydroxyl groups is 1. The Morgan fingerprint density at radius 2 is 2.10 bits per heavy atom. The molecule has 0 aliphatic rings. The first-order valence-corrected chi connectivity index (χ1v) is 6.65. The van der Waals surface area contributed by atoms with Crippen molar-refractivity contribution in [2.45, 2.75) is 13.0 Å². The molecule has 6 nitrogen and oxygen atoms in total. The molecule has 0 radical (unpaired) electrons. The second-order valence-electron chi connectivity index (χ2n) is 4.38. The smallest absolute Gasteiger partial charge is 0.356 e. The summed E-state index contributed by atoms with van der Waals surface area (Å²) in [5.74, 6) is 0.272. The van der Waals surface area contributed by atoms with Crippen LogP contribution in [0.3, 0.4) is 0 Å². The van der Waals surface area contributed by atoms with Gasteiger partial charge in [0.05, 0.1) is 38.9 Å². The minimum Gasteiger partial charge on any atom is -0.497 e. The summed E-state index contributed by atoms with van der Waals surface area (Å²) in [5, 5.41) is 9.68. The number of imidazole rings is 1. The molecule has 0 aliphatic heterocycles. The highest BCUT2D eigenvalue weighted by Crippen LogP contribution is 2.22. The third-order valence-corrected chi connectivity index (χ3v) is 3.16. The highest BCUT2D eigenvalue weighted by atomic mass is 16.5. The van der Waals surface area contributed by atoms with E-state index in [0.29, 0.717) is 5.69 Å². The van der Waals surface area contributed by atoms with Crippen LogP contribution in [0.2, 0.25) is 0 Å². The molecule has 0 bridgehead atoms. The Morgan fingerprint density at radius 1 is 1.38 bits per heavy atom. The molecule has 0 aliphatic carbocycles. The van der Waals surface area contributed by atoms with Gasteiger partial charge in [-0.2, -0.15) is 0 Å². The third kappa shape index (κ3) is 3.22. The van der Waals surface area contributed by atoms with Crippen LogP contribution in [0.1, 0.15) is 29.0 Å². The van der Waals surface area contributed by atoms with Crippen LogP contribution < -0.4 is 4.74 Å². The van der Waals surface area contributed by atoms with Crippen LogP contribution in [0.4, 0.5) is 0 Å². The normalized spacial score (nSPS) is 12.0. The predicted octanol–water partition coefficient (Wildman–Crippen LogP) is 1.65. The maximum Gasteiger partial charge on any atom is 0.356 e. The number of aromatic nitrogens is 2. The standard InChI is InChI=1S/C15H18N2O4/c1-3-21-15(19)13-8-16-10-17(13)14(9-18)11-4-6-12(20-2)7-5-11/h4-8,10,14,18H,3,9H2,1-2H3. The van der Waals surface area contributed by atoms with E-state index in [9.17, 15) is 9.90 Å². The lowest BCUT2D eigenvalue weighted by atomic mass is 10.1. The Bertz CT molecular complexity index is 592. The number of nitrogens with zero attached hydrogens (tertiary/aromatic N) is 2. The minimum absolute atomic E-state index is 0.158. The Hall–Kier alpha value is -2.34. The van der Waals surface area contributed by atoms with Gasteiger partial charge in [0.2, 0.25) is 0 Å². The molecule has 2 rings (SSSR count). The van der Waals surface area contributed by atoms with Gasteiger partial charge in [0, 0.05) is 0 Å². The number of hydrogen-bond acceptors (Lipinski definition) is 5. The summed E-state index contributed by atoms with van der Waals surface area (Å²) in [4.78, 5) is 15.9. The molecule has 21 heavy (non-hydrogen) atoms. The van der Waals surface area contributed by atoms with Gasteiger partial charge in [0.1, 0.15) is 11.4 Å². The monoisotopic (exact) mass is 290 g/mol. The molecule has 6 heteroatoms. The Labute approximate surface area is 122 Å². The van der Waals surface area contributed by atoms with Crippen LogP contribution in [0, 0.1) is 0 Å². The fourth-order valence-corrected chi connectivity index (χ4v) is 2.10. The van der Waals surface area contributed by atoms with Crippen LogP contribution in [0.15, 0.2) is 36.8 Å². The van der Waals surface area contributed by atoms with Crippen LogP contribution in [0.25, 0.3) is 0 Å². The number of carbonyl (C=O) groups excluding carboxylic acids is 1. The molecule has 1 aromatic carbocycles. The zero-order chi connectivity index (χ0) is 15.2. The third-order valence-electron chi connectivity index (χ3n) is 3.16. The number of benzene rings is 1. The van der Waals surface area contributed by atoms with Crippen LogP contribution >= 0.6 is 0 Å². The summed E-state index contributed by atoms with van der Waals surface area (Å²) in [6.07, 6.45) is 2.95. The van der Waals surface area contributed by atoms with Gasteiger partial charge in [0.15, 0.2) is 0 Å². The molecule has 0 spiro atoms. The Kier molecular flexibility index (Phi) is 4.94. The van der Waals surface area contributed by atoms with Crippen molar-refractivity contribution < 1.29 is 19.4 Å². The van der Waals surface area contributed by atoms with E-state index in [1.165, 1.54) is 12.5 Å². The van der Waals surface area contributed by atoms with E-state index in [0.717, 1.165) is 11.3 Å². The Balaban J connectivity index is 2.33. The number of ether oxygens (including phenoxy) is 2. The zero-order valence-corrected chi connectivity index (χ0v) is 12.0. The highest BCUT2D eigenvalue weighted by molar-refractivity contribution is 5.87. The van der Waals surface area contributed by atoms with Gasteiger partial charge in [-0.1, -0.05) is 12.1 Å². The largest absolute Gasteiger partial charge is 0.497 e. The molecule has 112 valence electrons.